The molecule has 2 aliphatic carbocycles. The van der Waals surface area contributed by atoms with Gasteiger partial charge in [0.1, 0.15) is 0 Å². The lowest BCUT2D eigenvalue weighted by Crippen LogP contribution is -2.24. The summed E-state index contributed by atoms with van der Waals surface area (Å²) in [4.78, 5) is 11.7. The number of nitrogens with one attached hydrogen (secondary N) is 1. The predicted molar refractivity (Wildman–Crippen MR) is 122 cm³/mol. The van der Waals surface area contributed by atoms with Gasteiger partial charge in [-0.25, -0.2) is 0 Å². The van der Waals surface area contributed by atoms with E-state index in [9.17, 15) is 20.1 Å². The van der Waals surface area contributed by atoms with Gasteiger partial charge in [-0.05, 0) is 56.4 Å². The third-order valence-corrected chi connectivity index (χ3v) is 6.33. The minimum atomic E-state index is -0.586. The van der Waals surface area contributed by atoms with E-state index < -0.39 is 18.3 Å². The van der Waals surface area contributed by atoms with Gasteiger partial charge in [0.15, 0.2) is 0 Å². The Kier molecular flexibility index (Phi) is 9.31. The Morgan fingerprint density at radius 1 is 1.13 bits per heavy atom. The number of hydrogen-bond acceptors (Lipinski definition) is 4. The highest BCUT2D eigenvalue weighted by atomic mass is 16.3. The van der Waals surface area contributed by atoms with E-state index in [0.717, 1.165) is 32.1 Å². The maximum atomic E-state index is 11.7. The second-order valence-corrected chi connectivity index (χ2v) is 9.03. The van der Waals surface area contributed by atoms with Crippen LogP contribution in [0.15, 0.2) is 54.6 Å². The first-order valence-corrected chi connectivity index (χ1v) is 11.7. The van der Waals surface area contributed by atoms with E-state index in [-0.39, 0.29) is 17.7 Å². The molecule has 1 aromatic carbocycles. The molecule has 2 saturated carbocycles. The van der Waals surface area contributed by atoms with Crippen molar-refractivity contribution in [2.45, 2.75) is 82.1 Å². The number of aryl methyl sites for hydroxylation is 1. The first kappa shape index (κ1) is 23.7. The van der Waals surface area contributed by atoms with Crippen LogP contribution in [0.3, 0.4) is 0 Å². The maximum absolute atomic E-state index is 11.7. The molecule has 1 aromatic rings. The summed E-state index contributed by atoms with van der Waals surface area (Å²) in [7, 11) is 0. The number of carbonyl (C=O) groups is 1. The van der Waals surface area contributed by atoms with Gasteiger partial charge in [0.25, 0.3) is 0 Å². The molecule has 5 atom stereocenters. The van der Waals surface area contributed by atoms with Crippen molar-refractivity contribution in [3.05, 3.63) is 60.2 Å². The third-order valence-electron chi connectivity index (χ3n) is 6.33. The Hall–Kier alpha value is -1.95. The van der Waals surface area contributed by atoms with Crippen molar-refractivity contribution in [1.29, 1.82) is 0 Å². The molecule has 1 amide bonds. The van der Waals surface area contributed by atoms with Gasteiger partial charge in [0, 0.05) is 24.8 Å². The molecule has 0 saturated heterocycles. The average molecular weight is 428 g/mol. The summed E-state index contributed by atoms with van der Waals surface area (Å²) in [5, 5.41) is 34.0. The van der Waals surface area contributed by atoms with Crippen LogP contribution in [0.4, 0.5) is 0 Å². The van der Waals surface area contributed by atoms with Gasteiger partial charge < -0.3 is 20.6 Å². The monoisotopic (exact) mass is 427 g/mol. The lowest BCUT2D eigenvalue weighted by atomic mass is 9.89. The first-order chi connectivity index (χ1) is 15.0. The van der Waals surface area contributed by atoms with Gasteiger partial charge in [0.05, 0.1) is 18.3 Å². The van der Waals surface area contributed by atoms with Crippen LogP contribution in [0.5, 0.6) is 0 Å². The summed E-state index contributed by atoms with van der Waals surface area (Å²) in [5.41, 5.74) is 1.19. The van der Waals surface area contributed by atoms with E-state index >= 15 is 0 Å². The number of allylic oxidation sites excluding steroid dienone is 2. The molecule has 2 aliphatic rings. The number of carbonyl (C=O) groups excluding carboxylic acids is 1. The highest BCUT2D eigenvalue weighted by Gasteiger charge is 2.39. The molecule has 0 aliphatic heterocycles. The molecule has 4 N–H and O–H groups in total. The largest absolute Gasteiger partial charge is 0.393 e. The zero-order chi connectivity index (χ0) is 22.1. The fourth-order valence-electron chi connectivity index (χ4n) is 4.30. The Balaban J connectivity index is 1.39. The number of rotatable bonds is 12. The van der Waals surface area contributed by atoms with Crippen LogP contribution >= 0.6 is 0 Å². The number of benzene rings is 1. The van der Waals surface area contributed by atoms with Crippen molar-refractivity contribution in [1.82, 2.24) is 5.32 Å². The zero-order valence-corrected chi connectivity index (χ0v) is 18.3. The van der Waals surface area contributed by atoms with Crippen molar-refractivity contribution < 1.29 is 20.1 Å². The highest BCUT2D eigenvalue weighted by molar-refractivity contribution is 5.76. The third kappa shape index (κ3) is 8.24. The molecule has 0 radical (unpaired) electrons. The normalized spacial score (nSPS) is 27.2. The van der Waals surface area contributed by atoms with Crippen molar-refractivity contribution in [2.75, 3.05) is 0 Å². The smallest absolute Gasteiger partial charge is 0.220 e. The van der Waals surface area contributed by atoms with Crippen LogP contribution in [0.2, 0.25) is 0 Å². The molecule has 0 aromatic heterocycles. The molecule has 5 heteroatoms. The number of amides is 1. The molecule has 31 heavy (non-hydrogen) atoms. The predicted octanol–water partition coefficient (Wildman–Crippen LogP) is 3.29. The number of hydrogen-bond donors (Lipinski definition) is 4. The molecule has 0 unspecified atom stereocenters. The standard InChI is InChI=1S/C26H37NO4/c28-21(15-12-19-8-4-3-5-9-19)16-17-23-22(24(29)18-25(23)30)10-6-1-2-7-11-26(31)27-20-13-14-20/h1,3-6,8-9,16-17,20-25,28-30H,2,7,10-15,18H2,(H,27,31)/b6-1+,17-16+/t21-,22+,23+,24-,25+/m0/s1. The van der Waals surface area contributed by atoms with Crippen LogP contribution in [0.1, 0.15) is 56.9 Å². The van der Waals surface area contributed by atoms with E-state index in [4.69, 9.17) is 0 Å². The van der Waals surface area contributed by atoms with Crippen LogP contribution in [-0.2, 0) is 11.2 Å². The van der Waals surface area contributed by atoms with Crippen molar-refractivity contribution in [3.63, 3.8) is 0 Å². The summed E-state index contributed by atoms with van der Waals surface area (Å²) in [6.45, 7) is 0. The van der Waals surface area contributed by atoms with Gasteiger partial charge in [-0.15, -0.1) is 0 Å². The highest BCUT2D eigenvalue weighted by Crippen LogP contribution is 2.36. The number of aliphatic hydroxyl groups excluding tert-OH is 3. The lowest BCUT2D eigenvalue weighted by Gasteiger charge is -2.19. The fourth-order valence-corrected chi connectivity index (χ4v) is 4.30. The van der Waals surface area contributed by atoms with E-state index in [1.165, 1.54) is 5.56 Å². The Bertz CT molecular complexity index is 728. The average Bonchev–Trinajstić information content (AvgIpc) is 3.52. The van der Waals surface area contributed by atoms with Gasteiger partial charge in [0.2, 0.25) is 5.91 Å². The second-order valence-electron chi connectivity index (χ2n) is 9.03. The molecule has 0 bridgehead atoms. The SMILES string of the molecule is O=C(CCC/C=C/C[C@@H]1[C@@H](/C=C/[C@@H](O)CCc2ccccc2)[C@H](O)C[C@@H]1O)NC1CC1. The topological polar surface area (TPSA) is 89.8 Å². The number of unbranched alkanes of at least 4 members (excludes halogenated alkanes) is 1. The molecule has 3 rings (SSSR count). The van der Waals surface area contributed by atoms with Crippen molar-refractivity contribution >= 4 is 5.91 Å². The summed E-state index contributed by atoms with van der Waals surface area (Å²) < 4.78 is 0. The molecular weight excluding hydrogens is 390 g/mol. The number of aliphatic hydroxyl groups is 3. The summed E-state index contributed by atoms with van der Waals surface area (Å²) in [5.74, 6) is -0.0707. The molecule has 0 spiro atoms. The fraction of sp³-hybridized carbons (Fsp3) is 0.577. The van der Waals surface area contributed by atoms with Gasteiger partial charge >= 0.3 is 0 Å². The van der Waals surface area contributed by atoms with Crippen LogP contribution in [0, 0.1) is 11.8 Å². The van der Waals surface area contributed by atoms with Crippen LogP contribution in [-0.4, -0.2) is 45.6 Å². The Morgan fingerprint density at radius 2 is 1.90 bits per heavy atom. The van der Waals surface area contributed by atoms with Gasteiger partial charge in [-0.1, -0.05) is 54.6 Å². The molecule has 2 fully saturated rings. The summed E-state index contributed by atoms with van der Waals surface area (Å²) in [6.07, 6.45) is 13.0. The van der Waals surface area contributed by atoms with E-state index in [2.05, 4.69) is 29.6 Å². The minimum Gasteiger partial charge on any atom is -0.393 e. The van der Waals surface area contributed by atoms with Crippen molar-refractivity contribution in [3.8, 4) is 0 Å². The van der Waals surface area contributed by atoms with Crippen LogP contribution < -0.4 is 5.32 Å². The Morgan fingerprint density at radius 3 is 2.65 bits per heavy atom. The van der Waals surface area contributed by atoms with E-state index in [1.807, 2.05) is 24.3 Å². The molecule has 0 heterocycles. The summed E-state index contributed by atoms with van der Waals surface area (Å²) in [6, 6.07) is 10.5. The summed E-state index contributed by atoms with van der Waals surface area (Å²) >= 11 is 0. The second kappa shape index (κ2) is 12.2. The zero-order valence-electron chi connectivity index (χ0n) is 18.3. The maximum Gasteiger partial charge on any atom is 0.220 e. The van der Waals surface area contributed by atoms with Gasteiger partial charge in [-0.3, -0.25) is 4.79 Å². The lowest BCUT2D eigenvalue weighted by molar-refractivity contribution is -0.121. The van der Waals surface area contributed by atoms with E-state index in [1.54, 1.807) is 6.08 Å². The quantitative estimate of drug-likeness (QED) is 0.304. The molecule has 170 valence electrons. The molecule has 5 nitrogen and oxygen atoms in total. The molecular formula is C26H37NO4. The first-order valence-electron chi connectivity index (χ1n) is 11.7. The van der Waals surface area contributed by atoms with E-state index in [0.29, 0.717) is 31.7 Å². The minimum absolute atomic E-state index is 0.0537. The van der Waals surface area contributed by atoms with Gasteiger partial charge in [-0.2, -0.15) is 0 Å². The van der Waals surface area contributed by atoms with Crippen molar-refractivity contribution in [2.24, 2.45) is 11.8 Å². The Labute approximate surface area is 185 Å². The van der Waals surface area contributed by atoms with Crippen LogP contribution in [0.25, 0.3) is 0 Å².